The number of rotatable bonds is 6. The lowest BCUT2D eigenvalue weighted by molar-refractivity contribution is 0.0895. The van der Waals surface area contributed by atoms with E-state index in [1.54, 1.807) is 6.20 Å². The molecule has 0 aromatic carbocycles. The maximum atomic E-state index is 12.4. The molecule has 1 unspecified atom stereocenters. The summed E-state index contributed by atoms with van der Waals surface area (Å²) >= 11 is 1.18. The maximum absolute atomic E-state index is 12.4. The molecular weight excluding hydrogens is 410 g/mol. The fraction of sp³-hybridized carbons (Fsp3) is 0.450. The van der Waals surface area contributed by atoms with Gasteiger partial charge in [-0.2, -0.15) is 0 Å². The van der Waals surface area contributed by atoms with E-state index in [9.17, 15) is 13.6 Å². The van der Waals surface area contributed by atoms with Gasteiger partial charge in [-0.25, -0.2) is 18.7 Å². The predicted octanol–water partition coefficient (Wildman–Crippen LogP) is 3.09. The van der Waals surface area contributed by atoms with Crippen molar-refractivity contribution in [2.24, 2.45) is 11.8 Å². The number of nitrogens with zero attached hydrogens (tertiary/aromatic N) is 2. The second-order valence-corrected chi connectivity index (χ2v) is 8.94. The Morgan fingerprint density at radius 3 is 2.80 bits per heavy atom. The van der Waals surface area contributed by atoms with Gasteiger partial charge in [0.1, 0.15) is 15.5 Å². The van der Waals surface area contributed by atoms with Gasteiger partial charge >= 0.3 is 0 Å². The number of amides is 1. The maximum Gasteiger partial charge on any atom is 0.263 e. The zero-order valence-electron chi connectivity index (χ0n) is 16.1. The van der Waals surface area contributed by atoms with Crippen molar-refractivity contribution < 1.29 is 13.6 Å². The highest BCUT2D eigenvalue weighted by Crippen LogP contribution is 2.40. The van der Waals surface area contributed by atoms with Crippen molar-refractivity contribution in [1.29, 1.82) is 0 Å². The van der Waals surface area contributed by atoms with Crippen LogP contribution in [0.1, 0.15) is 22.5 Å². The third kappa shape index (κ3) is 3.65. The molecule has 4 heterocycles. The Labute approximate surface area is 175 Å². The average Bonchev–Trinajstić information content (AvgIpc) is 3.48. The first-order valence-electron chi connectivity index (χ1n) is 10.0. The minimum atomic E-state index is -2.58. The van der Waals surface area contributed by atoms with Crippen LogP contribution in [0.4, 0.5) is 14.5 Å². The smallest absolute Gasteiger partial charge is 0.263 e. The minimum Gasteiger partial charge on any atom is -0.381 e. The summed E-state index contributed by atoms with van der Waals surface area (Å²) in [7, 11) is 0. The van der Waals surface area contributed by atoms with Gasteiger partial charge in [-0.15, -0.1) is 11.3 Å². The highest BCUT2D eigenvalue weighted by Gasteiger charge is 2.37. The van der Waals surface area contributed by atoms with E-state index in [2.05, 4.69) is 30.9 Å². The molecule has 30 heavy (non-hydrogen) atoms. The first kappa shape index (κ1) is 19.4. The number of hydrogen-bond acceptors (Lipinski definition) is 6. The molecule has 1 aliphatic carbocycles. The number of nitrogens with one attached hydrogen (secondary N) is 4. The second kappa shape index (κ2) is 7.92. The summed E-state index contributed by atoms with van der Waals surface area (Å²) < 4.78 is 24.8. The molecule has 4 N–H and O–H groups in total. The Morgan fingerprint density at radius 1 is 1.23 bits per heavy atom. The normalized spacial score (nSPS) is 23.2. The van der Waals surface area contributed by atoms with Crippen LogP contribution in [-0.2, 0) is 0 Å². The molecule has 0 radical (unpaired) electrons. The number of hydrogen-bond donors (Lipinski definition) is 4. The molecule has 2 aliphatic rings. The van der Waals surface area contributed by atoms with E-state index < -0.39 is 18.9 Å². The topological polar surface area (TPSA) is 94.7 Å². The summed E-state index contributed by atoms with van der Waals surface area (Å²) in [5.74, 6) is 0.874. The van der Waals surface area contributed by atoms with Crippen LogP contribution < -0.4 is 16.0 Å². The molecule has 3 aromatic heterocycles. The lowest BCUT2D eigenvalue weighted by atomic mass is 10.0. The number of anilines is 1. The summed E-state index contributed by atoms with van der Waals surface area (Å²) in [6.07, 6.45) is 4.67. The number of aromatic nitrogens is 3. The summed E-state index contributed by atoms with van der Waals surface area (Å²) in [4.78, 5) is 24.4. The number of H-pyrrole nitrogens is 1. The number of alkyl halides is 2. The number of thiazole rings is 1. The minimum absolute atomic E-state index is 0.298. The van der Waals surface area contributed by atoms with Crippen LogP contribution in [0, 0.1) is 11.8 Å². The third-order valence-corrected chi connectivity index (χ3v) is 7.00. The first-order chi connectivity index (χ1) is 14.6. The van der Waals surface area contributed by atoms with E-state index in [0.29, 0.717) is 27.8 Å². The summed E-state index contributed by atoms with van der Waals surface area (Å²) in [5, 5.41) is 11.0. The number of aromatic amines is 1. The molecule has 2 fully saturated rings. The van der Waals surface area contributed by atoms with E-state index in [0.717, 1.165) is 48.2 Å². The molecule has 0 bridgehead atoms. The van der Waals surface area contributed by atoms with Crippen molar-refractivity contribution in [3.8, 4) is 10.6 Å². The van der Waals surface area contributed by atoms with E-state index in [4.69, 9.17) is 0 Å². The zero-order chi connectivity index (χ0) is 20.7. The number of carbonyl (C=O) groups excluding carboxylic acids is 1. The van der Waals surface area contributed by atoms with E-state index in [1.165, 1.54) is 17.5 Å². The Morgan fingerprint density at radius 2 is 2.03 bits per heavy atom. The van der Waals surface area contributed by atoms with E-state index in [1.807, 2.05) is 12.3 Å². The standard InChI is InChI=1S/C20H22F2N6OS/c21-16(22)9-26-19(29)15-8-27-20(30-15)14-7-25-18-13(1-2-24-18)17(14)28-12-3-10-5-23-6-11(10)4-12/h1-2,7-8,10-12,16,23H,3-6,9H2,(H,26,29)(H2,24,25,28)/t10-,11+,12?. The molecule has 0 spiro atoms. The Hall–Kier alpha value is -2.59. The van der Waals surface area contributed by atoms with Crippen LogP contribution in [0.5, 0.6) is 0 Å². The van der Waals surface area contributed by atoms with Gasteiger partial charge in [0.25, 0.3) is 12.3 Å². The van der Waals surface area contributed by atoms with Gasteiger partial charge in [0.05, 0.1) is 24.0 Å². The highest BCUT2D eigenvalue weighted by molar-refractivity contribution is 7.17. The van der Waals surface area contributed by atoms with Gasteiger partial charge in [-0.05, 0) is 43.8 Å². The number of halogens is 2. The van der Waals surface area contributed by atoms with Crippen LogP contribution in [0.3, 0.4) is 0 Å². The quantitative estimate of drug-likeness (QED) is 0.480. The van der Waals surface area contributed by atoms with Gasteiger partial charge in [0, 0.05) is 23.8 Å². The van der Waals surface area contributed by atoms with Gasteiger partial charge in [0.15, 0.2) is 0 Å². The summed E-state index contributed by atoms with van der Waals surface area (Å²) in [5.41, 5.74) is 2.55. The molecular formula is C20H22F2N6OS. The SMILES string of the molecule is O=C(NCC(F)F)c1cnc(-c2cnc3[nH]ccc3c2NC2C[C@H]3CNC[C@H]3C2)s1. The summed E-state index contributed by atoms with van der Waals surface area (Å²) in [6, 6.07) is 2.35. The number of fused-ring (bicyclic) bond motifs is 2. The number of carbonyl (C=O) groups is 1. The Bertz CT molecular complexity index is 1050. The molecule has 158 valence electrons. The molecule has 1 aliphatic heterocycles. The molecule has 3 atom stereocenters. The van der Waals surface area contributed by atoms with Crippen molar-refractivity contribution in [2.75, 3.05) is 25.0 Å². The highest BCUT2D eigenvalue weighted by atomic mass is 32.1. The summed E-state index contributed by atoms with van der Waals surface area (Å²) in [6.45, 7) is 1.49. The average molecular weight is 433 g/mol. The largest absolute Gasteiger partial charge is 0.381 e. The molecule has 1 saturated heterocycles. The van der Waals surface area contributed by atoms with E-state index in [-0.39, 0.29) is 0 Å². The van der Waals surface area contributed by atoms with Crippen molar-refractivity contribution >= 4 is 34.0 Å². The molecule has 10 heteroatoms. The number of pyridine rings is 1. The molecule has 3 aromatic rings. The second-order valence-electron chi connectivity index (χ2n) is 7.91. The van der Waals surface area contributed by atoms with Crippen molar-refractivity contribution in [3.05, 3.63) is 29.5 Å². The van der Waals surface area contributed by atoms with Crippen LogP contribution in [0.15, 0.2) is 24.7 Å². The molecule has 5 rings (SSSR count). The van der Waals surface area contributed by atoms with Crippen LogP contribution in [-0.4, -0.2) is 53.0 Å². The van der Waals surface area contributed by atoms with Gasteiger partial charge in [-0.3, -0.25) is 4.79 Å². The zero-order valence-corrected chi connectivity index (χ0v) is 16.9. The Balaban J connectivity index is 1.43. The fourth-order valence-electron chi connectivity index (χ4n) is 4.57. The monoisotopic (exact) mass is 432 g/mol. The molecule has 7 nitrogen and oxygen atoms in total. The van der Waals surface area contributed by atoms with Gasteiger partial charge in [-0.1, -0.05) is 0 Å². The van der Waals surface area contributed by atoms with Gasteiger partial charge in [0.2, 0.25) is 0 Å². The third-order valence-electron chi connectivity index (χ3n) is 5.97. The van der Waals surface area contributed by atoms with Crippen molar-refractivity contribution in [3.63, 3.8) is 0 Å². The predicted molar refractivity (Wildman–Crippen MR) is 112 cm³/mol. The fourth-order valence-corrected chi connectivity index (χ4v) is 5.42. The molecule has 1 amide bonds. The van der Waals surface area contributed by atoms with Crippen LogP contribution in [0.25, 0.3) is 21.6 Å². The molecule has 1 saturated carbocycles. The van der Waals surface area contributed by atoms with Crippen LogP contribution >= 0.6 is 11.3 Å². The van der Waals surface area contributed by atoms with Crippen molar-refractivity contribution in [1.82, 2.24) is 25.6 Å². The lowest BCUT2D eigenvalue weighted by Gasteiger charge is -2.18. The van der Waals surface area contributed by atoms with E-state index >= 15 is 0 Å². The van der Waals surface area contributed by atoms with Crippen molar-refractivity contribution in [2.45, 2.75) is 25.3 Å². The van der Waals surface area contributed by atoms with Crippen LogP contribution in [0.2, 0.25) is 0 Å². The van der Waals surface area contributed by atoms with Gasteiger partial charge < -0.3 is 20.9 Å². The lowest BCUT2D eigenvalue weighted by Crippen LogP contribution is -2.27. The first-order valence-corrected chi connectivity index (χ1v) is 10.9. The Kier molecular flexibility index (Phi) is 5.11.